The lowest BCUT2D eigenvalue weighted by Crippen LogP contribution is -2.17. The van der Waals surface area contributed by atoms with Crippen LogP contribution in [0.4, 0.5) is 0 Å². The monoisotopic (exact) mass is 266 g/mol. The maximum Gasteiger partial charge on any atom is 0.358 e. The molecule has 0 N–H and O–H groups in total. The van der Waals surface area contributed by atoms with Crippen LogP contribution in [0.1, 0.15) is 70.4 Å². The van der Waals surface area contributed by atoms with Crippen molar-refractivity contribution in [1.29, 1.82) is 0 Å². The standard InChI is InChI=1S/C15H26N2O2/c1-6-8-15(4,5)9-12(3)17-10-13(16-11-17)14(18)19-7-2/h10-12H,6-9H2,1-5H3. The Hall–Kier alpha value is -1.32. The van der Waals surface area contributed by atoms with E-state index in [1.807, 2.05) is 4.57 Å². The minimum Gasteiger partial charge on any atom is -0.461 e. The van der Waals surface area contributed by atoms with E-state index in [1.165, 1.54) is 12.8 Å². The van der Waals surface area contributed by atoms with Crippen LogP contribution in [-0.2, 0) is 4.74 Å². The van der Waals surface area contributed by atoms with Crippen molar-refractivity contribution < 1.29 is 9.53 Å². The zero-order chi connectivity index (χ0) is 14.5. The van der Waals surface area contributed by atoms with E-state index in [0.29, 0.717) is 23.8 Å². The van der Waals surface area contributed by atoms with Crippen LogP contribution in [0.2, 0.25) is 0 Å². The lowest BCUT2D eigenvalue weighted by molar-refractivity contribution is 0.0520. The highest BCUT2D eigenvalue weighted by atomic mass is 16.5. The molecule has 1 atom stereocenters. The van der Waals surface area contributed by atoms with Gasteiger partial charge in [-0.2, -0.15) is 0 Å². The third-order valence-corrected chi connectivity index (χ3v) is 3.37. The summed E-state index contributed by atoms with van der Waals surface area (Å²) in [6.45, 7) is 11.1. The zero-order valence-corrected chi connectivity index (χ0v) is 12.8. The molecular formula is C15H26N2O2. The predicted molar refractivity (Wildman–Crippen MR) is 76.2 cm³/mol. The van der Waals surface area contributed by atoms with E-state index >= 15 is 0 Å². The molecule has 0 spiro atoms. The van der Waals surface area contributed by atoms with Gasteiger partial charge < -0.3 is 9.30 Å². The number of hydrogen-bond acceptors (Lipinski definition) is 3. The second kappa shape index (κ2) is 6.73. The Kier molecular flexibility index (Phi) is 5.58. The lowest BCUT2D eigenvalue weighted by atomic mass is 9.82. The van der Waals surface area contributed by atoms with Crippen LogP contribution in [0.5, 0.6) is 0 Å². The minimum absolute atomic E-state index is 0.308. The molecule has 108 valence electrons. The Balaban J connectivity index is 2.68. The maximum atomic E-state index is 11.6. The maximum absolute atomic E-state index is 11.6. The molecule has 1 unspecified atom stereocenters. The molecule has 1 aromatic rings. The van der Waals surface area contributed by atoms with Crippen molar-refractivity contribution in [1.82, 2.24) is 9.55 Å². The molecule has 0 aliphatic carbocycles. The van der Waals surface area contributed by atoms with Gasteiger partial charge in [0.25, 0.3) is 0 Å². The number of rotatable bonds is 7. The highest BCUT2D eigenvalue weighted by molar-refractivity contribution is 5.86. The molecule has 1 aromatic heterocycles. The number of nitrogens with zero attached hydrogens (tertiary/aromatic N) is 2. The third-order valence-electron chi connectivity index (χ3n) is 3.37. The smallest absolute Gasteiger partial charge is 0.358 e. The van der Waals surface area contributed by atoms with Gasteiger partial charge in [-0.15, -0.1) is 0 Å². The van der Waals surface area contributed by atoms with Crippen molar-refractivity contribution in [2.75, 3.05) is 6.61 Å². The van der Waals surface area contributed by atoms with Crippen LogP contribution in [-0.4, -0.2) is 22.1 Å². The summed E-state index contributed by atoms with van der Waals surface area (Å²) >= 11 is 0. The lowest BCUT2D eigenvalue weighted by Gasteiger charge is -2.28. The minimum atomic E-state index is -0.346. The molecule has 19 heavy (non-hydrogen) atoms. The molecule has 0 saturated carbocycles. The van der Waals surface area contributed by atoms with Crippen molar-refractivity contribution in [2.45, 2.75) is 59.9 Å². The fraction of sp³-hybridized carbons (Fsp3) is 0.733. The van der Waals surface area contributed by atoms with Gasteiger partial charge in [-0.3, -0.25) is 0 Å². The summed E-state index contributed by atoms with van der Waals surface area (Å²) in [5.41, 5.74) is 0.699. The van der Waals surface area contributed by atoms with Crippen LogP contribution in [0.25, 0.3) is 0 Å². The second-order valence-electron chi connectivity index (χ2n) is 5.89. The number of hydrogen-bond donors (Lipinski definition) is 0. The molecule has 0 bridgehead atoms. The van der Waals surface area contributed by atoms with Gasteiger partial charge in [0.1, 0.15) is 0 Å². The summed E-state index contributed by atoms with van der Waals surface area (Å²) in [7, 11) is 0. The average Bonchev–Trinajstić information content (AvgIpc) is 2.77. The molecule has 0 aliphatic heterocycles. The number of carbonyl (C=O) groups excluding carboxylic acids is 1. The Morgan fingerprint density at radius 1 is 1.47 bits per heavy atom. The summed E-state index contributed by atoms with van der Waals surface area (Å²) in [6.07, 6.45) is 6.97. The van der Waals surface area contributed by atoms with E-state index in [-0.39, 0.29) is 5.97 Å². The molecule has 0 radical (unpaired) electrons. The first kappa shape index (κ1) is 15.7. The molecule has 0 aromatic carbocycles. The van der Waals surface area contributed by atoms with Crippen molar-refractivity contribution in [3.8, 4) is 0 Å². The van der Waals surface area contributed by atoms with Gasteiger partial charge in [-0.25, -0.2) is 9.78 Å². The van der Waals surface area contributed by atoms with Crippen molar-refractivity contribution in [2.24, 2.45) is 5.41 Å². The molecule has 0 fully saturated rings. The largest absolute Gasteiger partial charge is 0.461 e. The van der Waals surface area contributed by atoms with E-state index < -0.39 is 0 Å². The van der Waals surface area contributed by atoms with Gasteiger partial charge in [0.2, 0.25) is 0 Å². The number of esters is 1. The van der Waals surface area contributed by atoms with Crippen molar-refractivity contribution in [3.63, 3.8) is 0 Å². The van der Waals surface area contributed by atoms with Crippen LogP contribution < -0.4 is 0 Å². The Morgan fingerprint density at radius 3 is 2.74 bits per heavy atom. The SMILES string of the molecule is CCCC(C)(C)CC(C)n1cnc(C(=O)OCC)c1. The molecule has 0 amide bonds. The topological polar surface area (TPSA) is 44.1 Å². The first-order valence-electron chi connectivity index (χ1n) is 7.10. The highest BCUT2D eigenvalue weighted by Crippen LogP contribution is 2.32. The molecule has 1 rings (SSSR count). The average molecular weight is 266 g/mol. The van der Waals surface area contributed by atoms with E-state index in [9.17, 15) is 4.79 Å². The molecule has 0 saturated heterocycles. The summed E-state index contributed by atoms with van der Waals surface area (Å²) < 4.78 is 6.95. The Labute approximate surface area is 116 Å². The van der Waals surface area contributed by atoms with E-state index in [1.54, 1.807) is 19.4 Å². The quantitative estimate of drug-likeness (QED) is 0.704. The first-order chi connectivity index (χ1) is 8.89. The van der Waals surface area contributed by atoms with E-state index in [0.717, 1.165) is 6.42 Å². The van der Waals surface area contributed by atoms with Gasteiger partial charge in [-0.05, 0) is 32.1 Å². The van der Waals surface area contributed by atoms with Gasteiger partial charge in [0.05, 0.1) is 12.9 Å². The number of ether oxygens (including phenoxy) is 1. The number of imidazole rings is 1. The fourth-order valence-electron chi connectivity index (χ4n) is 2.57. The Morgan fingerprint density at radius 2 is 2.16 bits per heavy atom. The molecule has 4 nitrogen and oxygen atoms in total. The summed E-state index contributed by atoms with van der Waals surface area (Å²) in [4.78, 5) is 15.7. The fourth-order valence-corrected chi connectivity index (χ4v) is 2.57. The van der Waals surface area contributed by atoms with Crippen LogP contribution >= 0.6 is 0 Å². The molecular weight excluding hydrogens is 240 g/mol. The number of carbonyl (C=O) groups is 1. The third kappa shape index (κ3) is 4.69. The predicted octanol–water partition coefficient (Wildman–Crippen LogP) is 3.84. The summed E-state index contributed by atoms with van der Waals surface area (Å²) in [5, 5.41) is 0. The first-order valence-corrected chi connectivity index (χ1v) is 7.10. The molecule has 4 heteroatoms. The van der Waals surface area contributed by atoms with Gasteiger partial charge in [-0.1, -0.05) is 27.2 Å². The number of aromatic nitrogens is 2. The van der Waals surface area contributed by atoms with Crippen LogP contribution in [0, 0.1) is 5.41 Å². The second-order valence-corrected chi connectivity index (χ2v) is 5.89. The van der Waals surface area contributed by atoms with E-state index in [4.69, 9.17) is 4.74 Å². The van der Waals surface area contributed by atoms with Crippen LogP contribution in [0.3, 0.4) is 0 Å². The summed E-state index contributed by atoms with van der Waals surface area (Å²) in [5.74, 6) is -0.346. The van der Waals surface area contributed by atoms with Gasteiger partial charge in [0, 0.05) is 12.2 Å². The zero-order valence-electron chi connectivity index (χ0n) is 12.8. The molecule has 0 aliphatic rings. The summed E-state index contributed by atoms with van der Waals surface area (Å²) in [6, 6.07) is 0.331. The van der Waals surface area contributed by atoms with Crippen molar-refractivity contribution in [3.05, 3.63) is 18.2 Å². The Bertz CT molecular complexity index is 410. The normalized spacial score (nSPS) is 13.3. The van der Waals surface area contributed by atoms with E-state index in [2.05, 4.69) is 32.7 Å². The highest BCUT2D eigenvalue weighted by Gasteiger charge is 2.21. The van der Waals surface area contributed by atoms with Crippen LogP contribution in [0.15, 0.2) is 12.5 Å². The van der Waals surface area contributed by atoms with Gasteiger partial charge >= 0.3 is 5.97 Å². The molecule has 1 heterocycles. The van der Waals surface area contributed by atoms with Gasteiger partial charge in [0.15, 0.2) is 5.69 Å². The van der Waals surface area contributed by atoms with Crippen molar-refractivity contribution >= 4 is 5.97 Å².